The summed E-state index contributed by atoms with van der Waals surface area (Å²) >= 11 is 5.97. The van der Waals surface area contributed by atoms with Gasteiger partial charge >= 0.3 is 5.97 Å². The number of rotatable bonds is 3. The van der Waals surface area contributed by atoms with Gasteiger partial charge in [0.2, 0.25) is 0 Å². The zero-order valence-corrected chi connectivity index (χ0v) is 10.3. The lowest BCUT2D eigenvalue weighted by molar-refractivity contribution is -0.146. The lowest BCUT2D eigenvalue weighted by Crippen LogP contribution is -2.26. The van der Waals surface area contributed by atoms with E-state index in [1.165, 1.54) is 0 Å². The van der Waals surface area contributed by atoms with Crippen LogP contribution in [0.2, 0.25) is 5.02 Å². The number of aryl methyl sites for hydroxylation is 1. The molecule has 0 bridgehead atoms. The van der Waals surface area contributed by atoms with Gasteiger partial charge in [-0.3, -0.25) is 4.79 Å². The number of halogens is 1. The third-order valence-corrected chi connectivity index (χ3v) is 3.03. The van der Waals surface area contributed by atoms with E-state index in [0.29, 0.717) is 11.1 Å². The zero-order chi connectivity index (χ0) is 12.5. The molecule has 0 aliphatic heterocycles. The first-order valence-corrected chi connectivity index (χ1v) is 5.34. The molecule has 88 valence electrons. The average Bonchev–Trinajstić information content (AvgIpc) is 2.19. The van der Waals surface area contributed by atoms with E-state index >= 15 is 0 Å². The second kappa shape index (κ2) is 4.34. The number of phenols is 1. The Kier molecular flexibility index (Phi) is 3.48. The van der Waals surface area contributed by atoms with Crippen LogP contribution in [0.25, 0.3) is 0 Å². The Bertz CT molecular complexity index is 425. The highest BCUT2D eigenvalue weighted by Crippen LogP contribution is 2.34. The molecule has 0 atom stereocenters. The molecule has 0 aliphatic rings. The Morgan fingerprint density at radius 2 is 2.00 bits per heavy atom. The number of carbonyl (C=O) groups is 1. The number of aliphatic carboxylic acids is 1. The predicted octanol–water partition coefficient (Wildman–Crippen LogP) is 3.01. The van der Waals surface area contributed by atoms with Crippen LogP contribution in [0.4, 0.5) is 0 Å². The van der Waals surface area contributed by atoms with Crippen LogP contribution >= 0.6 is 11.6 Å². The average molecular weight is 243 g/mol. The Balaban J connectivity index is 3.08. The standard InChI is InChI=1S/C12H15ClO3/c1-7-4-5-8(9(13)10(7)14)6-12(2,3)11(15)16/h4-5,14H,6H2,1-3H3,(H,15,16). The van der Waals surface area contributed by atoms with E-state index in [1.807, 2.05) is 0 Å². The summed E-state index contributed by atoms with van der Waals surface area (Å²) in [5.74, 6) is -0.857. The number of aromatic hydroxyl groups is 1. The molecule has 0 aromatic heterocycles. The molecule has 0 saturated carbocycles. The Morgan fingerprint density at radius 1 is 1.44 bits per heavy atom. The first kappa shape index (κ1) is 12.8. The normalized spacial score (nSPS) is 11.5. The quantitative estimate of drug-likeness (QED) is 0.857. The maximum Gasteiger partial charge on any atom is 0.309 e. The third kappa shape index (κ3) is 2.47. The van der Waals surface area contributed by atoms with Gasteiger partial charge in [0.25, 0.3) is 0 Å². The van der Waals surface area contributed by atoms with Crippen molar-refractivity contribution in [3.05, 3.63) is 28.3 Å². The highest BCUT2D eigenvalue weighted by Gasteiger charge is 2.28. The van der Waals surface area contributed by atoms with Gasteiger partial charge in [0.05, 0.1) is 10.4 Å². The summed E-state index contributed by atoms with van der Waals surface area (Å²) < 4.78 is 0. The number of hydrogen-bond donors (Lipinski definition) is 2. The molecular weight excluding hydrogens is 228 g/mol. The summed E-state index contributed by atoms with van der Waals surface area (Å²) in [5.41, 5.74) is 0.435. The van der Waals surface area contributed by atoms with Gasteiger partial charge in [-0.15, -0.1) is 0 Å². The minimum Gasteiger partial charge on any atom is -0.506 e. The number of carboxylic acid groups (broad SMARTS) is 1. The van der Waals surface area contributed by atoms with Crippen molar-refractivity contribution in [3.8, 4) is 5.75 Å². The van der Waals surface area contributed by atoms with Crippen LogP contribution in [0.3, 0.4) is 0 Å². The molecule has 0 heterocycles. The van der Waals surface area contributed by atoms with Crippen molar-refractivity contribution in [2.75, 3.05) is 0 Å². The van der Waals surface area contributed by atoms with Gasteiger partial charge in [-0.1, -0.05) is 23.7 Å². The van der Waals surface area contributed by atoms with Crippen LogP contribution in [0.15, 0.2) is 12.1 Å². The fourth-order valence-corrected chi connectivity index (χ4v) is 1.67. The molecule has 0 unspecified atom stereocenters. The molecule has 16 heavy (non-hydrogen) atoms. The van der Waals surface area contributed by atoms with E-state index in [4.69, 9.17) is 16.7 Å². The van der Waals surface area contributed by atoms with E-state index in [-0.39, 0.29) is 17.2 Å². The minimum atomic E-state index is -0.897. The summed E-state index contributed by atoms with van der Waals surface area (Å²) in [6.45, 7) is 5.00. The van der Waals surface area contributed by atoms with E-state index in [2.05, 4.69) is 0 Å². The Labute approximate surface area is 99.7 Å². The SMILES string of the molecule is Cc1ccc(CC(C)(C)C(=O)O)c(Cl)c1O. The van der Waals surface area contributed by atoms with Crippen LogP contribution in [0.5, 0.6) is 5.75 Å². The monoisotopic (exact) mass is 242 g/mol. The predicted molar refractivity (Wildman–Crippen MR) is 63.0 cm³/mol. The summed E-state index contributed by atoms with van der Waals surface area (Å²) in [4.78, 5) is 11.0. The molecule has 4 heteroatoms. The van der Waals surface area contributed by atoms with Gasteiger partial charge in [0, 0.05) is 0 Å². The van der Waals surface area contributed by atoms with Crippen molar-refractivity contribution in [1.29, 1.82) is 0 Å². The van der Waals surface area contributed by atoms with Crippen LogP contribution in [0.1, 0.15) is 25.0 Å². The van der Waals surface area contributed by atoms with Crippen LogP contribution in [-0.4, -0.2) is 16.2 Å². The van der Waals surface area contributed by atoms with Gasteiger partial charge in [0.15, 0.2) is 0 Å². The van der Waals surface area contributed by atoms with Gasteiger partial charge in [-0.2, -0.15) is 0 Å². The number of phenolic OH excluding ortho intramolecular Hbond substituents is 1. The fraction of sp³-hybridized carbons (Fsp3) is 0.417. The smallest absolute Gasteiger partial charge is 0.309 e. The second-order valence-electron chi connectivity index (χ2n) is 4.57. The van der Waals surface area contributed by atoms with Crippen molar-refractivity contribution >= 4 is 17.6 Å². The van der Waals surface area contributed by atoms with Crippen molar-refractivity contribution in [2.45, 2.75) is 27.2 Å². The fourth-order valence-electron chi connectivity index (χ4n) is 1.39. The van der Waals surface area contributed by atoms with E-state index in [9.17, 15) is 9.90 Å². The van der Waals surface area contributed by atoms with Crippen LogP contribution in [-0.2, 0) is 11.2 Å². The highest BCUT2D eigenvalue weighted by molar-refractivity contribution is 6.32. The molecule has 0 fully saturated rings. The molecule has 3 nitrogen and oxygen atoms in total. The van der Waals surface area contributed by atoms with Gasteiger partial charge in [-0.05, 0) is 38.3 Å². The van der Waals surface area contributed by atoms with Gasteiger partial charge in [0.1, 0.15) is 5.75 Å². The molecular formula is C12H15ClO3. The zero-order valence-electron chi connectivity index (χ0n) is 9.54. The van der Waals surface area contributed by atoms with Crippen molar-refractivity contribution in [3.63, 3.8) is 0 Å². The first-order valence-electron chi connectivity index (χ1n) is 4.96. The molecule has 1 rings (SSSR count). The number of carboxylic acids is 1. The van der Waals surface area contributed by atoms with Crippen molar-refractivity contribution in [1.82, 2.24) is 0 Å². The van der Waals surface area contributed by atoms with Crippen molar-refractivity contribution in [2.24, 2.45) is 5.41 Å². The van der Waals surface area contributed by atoms with Gasteiger partial charge < -0.3 is 10.2 Å². The van der Waals surface area contributed by atoms with Gasteiger partial charge in [-0.25, -0.2) is 0 Å². The number of hydrogen-bond acceptors (Lipinski definition) is 2. The third-order valence-electron chi connectivity index (χ3n) is 2.61. The van der Waals surface area contributed by atoms with Crippen LogP contribution in [0, 0.1) is 12.3 Å². The second-order valence-corrected chi connectivity index (χ2v) is 4.95. The summed E-state index contributed by atoms with van der Waals surface area (Å²) in [5, 5.41) is 18.9. The molecule has 0 radical (unpaired) electrons. The molecule has 1 aromatic rings. The molecule has 0 saturated heterocycles. The Hall–Kier alpha value is -1.22. The first-order chi connectivity index (χ1) is 7.25. The molecule has 1 aromatic carbocycles. The summed E-state index contributed by atoms with van der Waals surface area (Å²) in [7, 11) is 0. The van der Waals surface area contributed by atoms with Crippen LogP contribution < -0.4 is 0 Å². The van der Waals surface area contributed by atoms with E-state index in [0.717, 1.165) is 0 Å². The molecule has 2 N–H and O–H groups in total. The number of benzene rings is 1. The lowest BCUT2D eigenvalue weighted by Gasteiger charge is -2.20. The molecule has 0 spiro atoms. The lowest BCUT2D eigenvalue weighted by atomic mass is 9.85. The maximum atomic E-state index is 11.0. The molecule has 0 aliphatic carbocycles. The maximum absolute atomic E-state index is 11.0. The molecule has 0 amide bonds. The summed E-state index contributed by atoms with van der Waals surface area (Å²) in [6.07, 6.45) is 0.287. The minimum absolute atomic E-state index is 0.0281. The van der Waals surface area contributed by atoms with Crippen molar-refractivity contribution < 1.29 is 15.0 Å². The Morgan fingerprint density at radius 3 is 2.50 bits per heavy atom. The summed E-state index contributed by atoms with van der Waals surface area (Å²) in [6, 6.07) is 3.48. The largest absolute Gasteiger partial charge is 0.506 e. The highest BCUT2D eigenvalue weighted by atomic mass is 35.5. The topological polar surface area (TPSA) is 57.5 Å². The van der Waals surface area contributed by atoms with E-state index in [1.54, 1.807) is 32.9 Å². The van der Waals surface area contributed by atoms with E-state index < -0.39 is 11.4 Å².